The molecule has 2 aromatic carbocycles. The predicted molar refractivity (Wildman–Crippen MR) is 186 cm³/mol. The van der Waals surface area contributed by atoms with E-state index in [9.17, 15) is 43.9 Å². The maximum absolute atomic E-state index is 15.2. The summed E-state index contributed by atoms with van der Waals surface area (Å²) in [6.45, 7) is 2.90. The number of carbonyl (C=O) groups excluding carboxylic acids is 3. The molecule has 1 unspecified atom stereocenters. The van der Waals surface area contributed by atoms with Crippen molar-refractivity contribution in [3.8, 4) is 5.75 Å². The number of aliphatic hydroxyl groups is 1. The highest BCUT2D eigenvalue weighted by atomic mass is 31.2. The molecule has 2 saturated heterocycles. The minimum absolute atomic E-state index is 0.122. The molecule has 280 valence electrons. The molecule has 3 heterocycles. The number of hydrogen-bond donors (Lipinski definition) is 5. The molecular weight excluding hydrogens is 727 g/mol. The maximum atomic E-state index is 15.2. The van der Waals surface area contributed by atoms with E-state index in [1.807, 2.05) is 23.6 Å². The number of hydrogen-bond acceptors (Lipinski definition) is 14. The maximum Gasteiger partial charge on any atom is 0.510 e. The number of cyclic esters (lactones) is 1. The molecule has 1 aromatic heterocycles. The van der Waals surface area contributed by atoms with Crippen LogP contribution in [-0.2, 0) is 14.2 Å². The third-order valence-electron chi connectivity index (χ3n) is 9.48. The molecule has 52 heavy (non-hydrogen) atoms. The van der Waals surface area contributed by atoms with Crippen LogP contribution < -0.4 is 20.0 Å². The van der Waals surface area contributed by atoms with Gasteiger partial charge in [-0.2, -0.15) is 0 Å². The van der Waals surface area contributed by atoms with Crippen LogP contribution in [0.25, 0.3) is 10.9 Å². The number of carbonyl (C=O) groups is 3. The molecule has 16 nitrogen and oxygen atoms in total. The molecule has 1 aliphatic carbocycles. The minimum Gasteiger partial charge on any atom is -0.488 e. The van der Waals surface area contributed by atoms with Crippen LogP contribution in [0, 0.1) is 12.7 Å². The van der Waals surface area contributed by atoms with E-state index in [1.165, 1.54) is 12.1 Å². The second-order valence-electron chi connectivity index (χ2n) is 13.2. The van der Waals surface area contributed by atoms with Crippen LogP contribution in [-0.4, -0.2) is 97.4 Å². The fourth-order valence-electron chi connectivity index (χ4n) is 6.22. The van der Waals surface area contributed by atoms with Gasteiger partial charge < -0.3 is 53.1 Å². The quantitative estimate of drug-likeness (QED) is 0.101. The lowest BCUT2D eigenvalue weighted by Gasteiger charge is -2.39. The van der Waals surface area contributed by atoms with Gasteiger partial charge >= 0.3 is 12.2 Å². The van der Waals surface area contributed by atoms with Crippen molar-refractivity contribution in [3.05, 3.63) is 63.7 Å². The number of benzene rings is 2. The average molecular weight is 766 g/mol. The van der Waals surface area contributed by atoms with Gasteiger partial charge in [-0.15, -0.1) is 0 Å². The molecule has 0 radical (unpaired) electrons. The van der Waals surface area contributed by atoms with Gasteiger partial charge in [0.15, 0.2) is 29.4 Å². The van der Waals surface area contributed by atoms with Gasteiger partial charge in [0.2, 0.25) is 21.8 Å². The first-order chi connectivity index (χ1) is 24.6. The van der Waals surface area contributed by atoms with Gasteiger partial charge in [-0.25, -0.2) is 14.0 Å². The van der Waals surface area contributed by atoms with E-state index in [0.717, 1.165) is 47.5 Å². The monoisotopic (exact) mass is 765 g/mol. The average Bonchev–Trinajstić information content (AvgIpc) is 3.88. The molecule has 5 N–H and O–H groups in total. The molecule has 2 aliphatic heterocycles. The van der Waals surface area contributed by atoms with E-state index >= 15 is 4.39 Å². The molecule has 1 atom stereocenters. The number of aromatic nitrogens is 1. The van der Waals surface area contributed by atoms with Crippen LogP contribution in [0.2, 0.25) is 0 Å². The van der Waals surface area contributed by atoms with Crippen molar-refractivity contribution >= 4 is 57.6 Å². The fourth-order valence-corrected chi connectivity index (χ4v) is 7.17. The second-order valence-corrected chi connectivity index (χ2v) is 16.5. The number of anilines is 2. The molecule has 0 bridgehead atoms. The van der Waals surface area contributed by atoms with Gasteiger partial charge in [-0.05, 0) is 69.4 Å². The SMILES string of the molecule is Cc1cc2c(=O)c(C=O)cn(C3CC3)c2cc1N1CCC(O)(COc2ccc(N3CC(COC(=O)OC(C)(P(O)O)P(O)O)OC3=O)cc2F)CC1. The Kier molecular flexibility index (Phi) is 10.8. The zero-order valence-electron chi connectivity index (χ0n) is 28.2. The molecule has 3 fully saturated rings. The summed E-state index contributed by atoms with van der Waals surface area (Å²) in [6, 6.07) is 7.83. The molecule has 3 aromatic rings. The molecule has 1 saturated carbocycles. The van der Waals surface area contributed by atoms with E-state index in [4.69, 9.17) is 14.2 Å². The summed E-state index contributed by atoms with van der Waals surface area (Å²) in [5, 5.41) is 9.45. The van der Waals surface area contributed by atoms with Crippen LogP contribution in [0.1, 0.15) is 54.6 Å². The van der Waals surface area contributed by atoms with E-state index in [0.29, 0.717) is 37.6 Å². The molecule has 19 heteroatoms. The van der Waals surface area contributed by atoms with Gasteiger partial charge in [0, 0.05) is 42.5 Å². The number of aryl methyl sites for hydroxylation is 1. The van der Waals surface area contributed by atoms with E-state index in [2.05, 4.69) is 9.64 Å². The number of nitrogens with zero attached hydrogens (tertiary/aromatic N) is 3. The second kappa shape index (κ2) is 14.8. The van der Waals surface area contributed by atoms with Crippen LogP contribution >= 0.6 is 16.8 Å². The number of pyridine rings is 1. The Bertz CT molecular complexity index is 1920. The number of ether oxygens (including phenoxy) is 4. The van der Waals surface area contributed by atoms with Crippen molar-refractivity contribution in [2.24, 2.45) is 0 Å². The Morgan fingerprint density at radius 3 is 2.42 bits per heavy atom. The molecule has 3 aliphatic rings. The number of halogens is 1. The number of piperidine rings is 1. The van der Waals surface area contributed by atoms with Crippen molar-refractivity contribution < 1.29 is 62.4 Å². The zero-order valence-corrected chi connectivity index (χ0v) is 30.0. The Morgan fingerprint density at radius 1 is 1.12 bits per heavy atom. The summed E-state index contributed by atoms with van der Waals surface area (Å²) in [7, 11) is -6.17. The van der Waals surface area contributed by atoms with Crippen molar-refractivity contribution in [1.82, 2.24) is 4.57 Å². The van der Waals surface area contributed by atoms with Gasteiger partial charge in [0.1, 0.15) is 18.8 Å². The standard InChI is InChI=1S/C33H38FN3O13P2/c1-19-11-24-27(36(21-3-4-21)14-20(16-38)29(24)39)13-26(19)35-9-7-33(42,8-10-35)18-48-28-6-5-22(12-25(28)34)37-15-23(49-30(37)40)17-47-31(41)50-32(2,51(43)44)52(45)46/h5-6,11-14,16,21,23,42-46H,3-4,7-10,15,17-18H2,1-2H3. The van der Waals surface area contributed by atoms with Crippen LogP contribution in [0.5, 0.6) is 5.75 Å². The Balaban J connectivity index is 1.03. The van der Waals surface area contributed by atoms with E-state index in [1.54, 1.807) is 6.20 Å². The van der Waals surface area contributed by atoms with E-state index < -0.39 is 58.2 Å². The van der Waals surface area contributed by atoms with Crippen LogP contribution in [0.15, 0.2) is 41.3 Å². The lowest BCUT2D eigenvalue weighted by molar-refractivity contribution is -0.0250. The third kappa shape index (κ3) is 7.72. The first kappa shape index (κ1) is 37.8. The smallest absolute Gasteiger partial charge is 0.488 e. The lowest BCUT2D eigenvalue weighted by Crippen LogP contribution is -2.48. The van der Waals surface area contributed by atoms with Crippen LogP contribution in [0.3, 0.4) is 0 Å². The first-order valence-electron chi connectivity index (χ1n) is 16.4. The highest BCUT2D eigenvalue weighted by molar-refractivity contribution is 7.65. The number of amides is 1. The topological polar surface area (TPSA) is 218 Å². The molecule has 6 rings (SSSR count). The molecular formula is C33H38FN3O13P2. The summed E-state index contributed by atoms with van der Waals surface area (Å²) in [4.78, 5) is 89.7. The van der Waals surface area contributed by atoms with Gasteiger partial charge in [0.25, 0.3) is 0 Å². The number of rotatable bonds is 12. The Hall–Kier alpha value is -3.95. The van der Waals surface area contributed by atoms with Crippen molar-refractivity contribution in [2.45, 2.75) is 62.4 Å². The van der Waals surface area contributed by atoms with Crippen molar-refractivity contribution in [1.29, 1.82) is 0 Å². The molecule has 1 amide bonds. The Labute approximate surface area is 298 Å². The summed E-state index contributed by atoms with van der Waals surface area (Å²) < 4.78 is 37.6. The molecule has 0 spiro atoms. The highest BCUT2D eigenvalue weighted by Crippen LogP contribution is 2.60. The normalized spacial score (nSPS) is 19.0. The lowest BCUT2D eigenvalue weighted by atomic mass is 9.91. The van der Waals surface area contributed by atoms with E-state index in [-0.39, 0.29) is 41.6 Å². The largest absolute Gasteiger partial charge is 0.510 e. The first-order valence-corrected chi connectivity index (χ1v) is 18.9. The van der Waals surface area contributed by atoms with Crippen molar-refractivity contribution in [2.75, 3.05) is 42.6 Å². The predicted octanol–water partition coefficient (Wildman–Crippen LogP) is 3.75. The third-order valence-corrected chi connectivity index (χ3v) is 12.2. The minimum atomic E-state index is -3.09. The summed E-state index contributed by atoms with van der Waals surface area (Å²) in [5.74, 6) is -0.939. The van der Waals surface area contributed by atoms with Crippen molar-refractivity contribution in [3.63, 3.8) is 0 Å². The summed E-state index contributed by atoms with van der Waals surface area (Å²) in [6.07, 6.45) is 1.51. The Morgan fingerprint density at radius 2 is 1.81 bits per heavy atom. The summed E-state index contributed by atoms with van der Waals surface area (Å²) >= 11 is 0. The van der Waals surface area contributed by atoms with Crippen LogP contribution in [0.4, 0.5) is 25.4 Å². The number of aldehydes is 1. The highest BCUT2D eigenvalue weighted by Gasteiger charge is 2.46. The van der Waals surface area contributed by atoms with Gasteiger partial charge in [-0.1, -0.05) is 0 Å². The number of fused-ring (bicyclic) bond motifs is 1. The van der Waals surface area contributed by atoms with Gasteiger partial charge in [0.05, 0.1) is 23.3 Å². The van der Waals surface area contributed by atoms with Gasteiger partial charge in [-0.3, -0.25) is 14.5 Å². The summed E-state index contributed by atoms with van der Waals surface area (Å²) in [5.41, 5.74) is 1.27. The zero-order chi connectivity index (χ0) is 37.5. The fraction of sp³-hybridized carbons (Fsp3) is 0.455.